The average molecular weight is 479 g/mol. The molecule has 35 heavy (non-hydrogen) atoms. The summed E-state index contributed by atoms with van der Waals surface area (Å²) >= 11 is 0. The van der Waals surface area contributed by atoms with E-state index in [1.165, 1.54) is 33.6 Å². The van der Waals surface area contributed by atoms with Crippen molar-refractivity contribution in [1.82, 2.24) is 0 Å². The van der Waals surface area contributed by atoms with Gasteiger partial charge in [0, 0.05) is 11.4 Å². The van der Waals surface area contributed by atoms with Gasteiger partial charge >= 0.3 is 0 Å². The van der Waals surface area contributed by atoms with Crippen LogP contribution in [-0.4, -0.2) is 6.67 Å². The number of anilines is 2. The Balaban J connectivity index is 2.47. The fourth-order valence-electron chi connectivity index (χ4n) is 4.76. The first-order chi connectivity index (χ1) is 16.4. The fraction of sp³-hybridized carbons (Fsp3) is 0.636. The van der Waals surface area contributed by atoms with E-state index < -0.39 is 0 Å². The lowest BCUT2D eigenvalue weighted by atomic mass is 9.82. The van der Waals surface area contributed by atoms with Crippen molar-refractivity contribution >= 4 is 11.4 Å². The summed E-state index contributed by atoms with van der Waals surface area (Å²) < 4.78 is 0. The number of hydrogen-bond donors (Lipinski definition) is 2. The molecule has 2 aromatic carbocycles. The molecule has 2 N–H and O–H groups in total. The van der Waals surface area contributed by atoms with Crippen LogP contribution in [0.3, 0.4) is 0 Å². The van der Waals surface area contributed by atoms with Crippen molar-refractivity contribution in [1.29, 1.82) is 0 Å². The molecule has 0 spiro atoms. The Labute approximate surface area is 217 Å². The van der Waals surface area contributed by atoms with Crippen LogP contribution in [0, 0.1) is 23.7 Å². The van der Waals surface area contributed by atoms with Crippen LogP contribution in [0.25, 0.3) is 0 Å². The van der Waals surface area contributed by atoms with E-state index in [1.807, 2.05) is 0 Å². The van der Waals surface area contributed by atoms with Crippen LogP contribution < -0.4 is 10.6 Å². The first-order valence-corrected chi connectivity index (χ1v) is 14.1. The summed E-state index contributed by atoms with van der Waals surface area (Å²) in [6.45, 7) is 28.8. The maximum absolute atomic E-state index is 3.88. The first kappa shape index (κ1) is 29.3. The van der Waals surface area contributed by atoms with Gasteiger partial charge in [-0.25, -0.2) is 0 Å². The Morgan fingerprint density at radius 2 is 0.657 bits per heavy atom. The summed E-state index contributed by atoms with van der Waals surface area (Å²) in [6, 6.07) is 13.8. The molecule has 0 aliphatic heterocycles. The predicted molar refractivity (Wildman–Crippen MR) is 158 cm³/mol. The quantitative estimate of drug-likeness (QED) is 0.296. The largest absolute Gasteiger partial charge is 0.367 e. The summed E-state index contributed by atoms with van der Waals surface area (Å²) in [6.07, 6.45) is 0. The van der Waals surface area contributed by atoms with E-state index in [0.29, 0.717) is 47.3 Å². The van der Waals surface area contributed by atoms with Crippen LogP contribution in [0.5, 0.6) is 0 Å². The molecule has 0 heterocycles. The van der Waals surface area contributed by atoms with Gasteiger partial charge < -0.3 is 10.6 Å². The zero-order valence-electron chi connectivity index (χ0n) is 24.8. The second-order valence-electron chi connectivity index (χ2n) is 12.3. The van der Waals surface area contributed by atoms with Gasteiger partial charge in [-0.3, -0.25) is 0 Å². The van der Waals surface area contributed by atoms with E-state index in [9.17, 15) is 0 Å². The van der Waals surface area contributed by atoms with Crippen molar-refractivity contribution in [3.05, 3.63) is 58.7 Å². The molecule has 2 rings (SSSR count). The van der Waals surface area contributed by atoms with E-state index >= 15 is 0 Å². The minimum absolute atomic E-state index is 0.501. The second kappa shape index (κ2) is 12.8. The Hall–Kier alpha value is -1.96. The summed E-state index contributed by atoms with van der Waals surface area (Å²) in [5, 5.41) is 7.76. The normalized spacial score (nSPS) is 15.5. The molecule has 0 aromatic heterocycles. The van der Waals surface area contributed by atoms with E-state index in [4.69, 9.17) is 0 Å². The molecule has 196 valence electrons. The lowest BCUT2D eigenvalue weighted by Gasteiger charge is -2.29. The Kier molecular flexibility index (Phi) is 10.7. The summed E-state index contributed by atoms with van der Waals surface area (Å²) in [7, 11) is 0. The van der Waals surface area contributed by atoms with Crippen molar-refractivity contribution in [2.24, 2.45) is 23.7 Å². The van der Waals surface area contributed by atoms with Gasteiger partial charge in [-0.15, -0.1) is 0 Å². The summed E-state index contributed by atoms with van der Waals surface area (Å²) in [5.41, 5.74) is 8.40. The van der Waals surface area contributed by atoms with Gasteiger partial charge in [0.2, 0.25) is 0 Å². The lowest BCUT2D eigenvalue weighted by Crippen LogP contribution is -2.20. The van der Waals surface area contributed by atoms with Crippen LogP contribution in [0.2, 0.25) is 0 Å². The number of nitrogens with one attached hydrogen (secondary N) is 2. The lowest BCUT2D eigenvalue weighted by molar-refractivity contribution is 0.523. The van der Waals surface area contributed by atoms with E-state index in [2.05, 4.69) is 130 Å². The number of hydrogen-bond acceptors (Lipinski definition) is 2. The molecule has 0 amide bonds. The van der Waals surface area contributed by atoms with Crippen molar-refractivity contribution in [3.63, 3.8) is 0 Å². The van der Waals surface area contributed by atoms with Crippen molar-refractivity contribution in [2.75, 3.05) is 17.3 Å². The SMILES string of the molecule is CC(C)C(C)c1cccc(C(C)C(C)C)c1NCNc1c(C(C)C(C)C)cccc1C(C)C(C)C. The predicted octanol–water partition coefficient (Wildman–Crippen LogP) is 10.2. The van der Waals surface area contributed by atoms with Gasteiger partial charge in [0.25, 0.3) is 0 Å². The molecule has 0 saturated carbocycles. The molecule has 0 aliphatic carbocycles. The number of rotatable bonds is 12. The Morgan fingerprint density at radius 1 is 0.429 bits per heavy atom. The highest BCUT2D eigenvalue weighted by atomic mass is 15.1. The maximum atomic E-state index is 3.88. The minimum Gasteiger partial charge on any atom is -0.367 e. The second-order valence-corrected chi connectivity index (χ2v) is 12.3. The molecule has 0 fully saturated rings. The summed E-state index contributed by atoms with van der Waals surface area (Å²) in [5.74, 6) is 4.39. The third-order valence-corrected chi connectivity index (χ3v) is 8.75. The Bertz CT molecular complexity index is 785. The molecule has 2 aromatic rings. The van der Waals surface area contributed by atoms with E-state index in [1.54, 1.807) is 0 Å². The summed E-state index contributed by atoms with van der Waals surface area (Å²) in [4.78, 5) is 0. The zero-order chi connectivity index (χ0) is 26.4. The van der Waals surface area contributed by atoms with Crippen LogP contribution in [0.15, 0.2) is 36.4 Å². The van der Waals surface area contributed by atoms with E-state index in [0.717, 1.165) is 6.67 Å². The van der Waals surface area contributed by atoms with Crippen LogP contribution >= 0.6 is 0 Å². The zero-order valence-corrected chi connectivity index (χ0v) is 24.8. The molecule has 0 saturated heterocycles. The molecule has 2 nitrogen and oxygen atoms in total. The number of benzene rings is 2. The molecule has 0 bridgehead atoms. The minimum atomic E-state index is 0.501. The highest BCUT2D eigenvalue weighted by Crippen LogP contribution is 2.40. The molecular weight excluding hydrogens is 424 g/mol. The average Bonchev–Trinajstić information content (AvgIpc) is 2.81. The van der Waals surface area contributed by atoms with Crippen LogP contribution in [0.4, 0.5) is 11.4 Å². The van der Waals surface area contributed by atoms with Gasteiger partial charge in [-0.1, -0.05) is 119 Å². The topological polar surface area (TPSA) is 24.1 Å². The van der Waals surface area contributed by atoms with Gasteiger partial charge in [0.1, 0.15) is 0 Å². The van der Waals surface area contributed by atoms with Crippen LogP contribution in [0.1, 0.15) is 129 Å². The number of para-hydroxylation sites is 2. The van der Waals surface area contributed by atoms with Crippen LogP contribution in [-0.2, 0) is 0 Å². The highest BCUT2D eigenvalue weighted by Gasteiger charge is 2.23. The van der Waals surface area contributed by atoms with Crippen molar-refractivity contribution in [2.45, 2.75) is 107 Å². The molecule has 4 atom stereocenters. The maximum Gasteiger partial charge on any atom is 0.0849 e. The van der Waals surface area contributed by atoms with E-state index in [-0.39, 0.29) is 0 Å². The first-order valence-electron chi connectivity index (χ1n) is 14.1. The molecule has 0 radical (unpaired) electrons. The van der Waals surface area contributed by atoms with Gasteiger partial charge in [-0.2, -0.15) is 0 Å². The van der Waals surface area contributed by atoms with Gasteiger partial charge in [-0.05, 0) is 69.6 Å². The molecule has 2 heteroatoms. The van der Waals surface area contributed by atoms with Crippen molar-refractivity contribution < 1.29 is 0 Å². The highest BCUT2D eigenvalue weighted by molar-refractivity contribution is 5.64. The van der Waals surface area contributed by atoms with Gasteiger partial charge in [0.05, 0.1) is 6.67 Å². The molecule has 4 unspecified atom stereocenters. The van der Waals surface area contributed by atoms with Gasteiger partial charge in [0.15, 0.2) is 0 Å². The standard InChI is InChI=1S/C33H54N2/c1-20(2)24(9)28-15-13-16-29(25(10)21(3)4)32(28)34-19-35-33-30(26(11)22(5)6)17-14-18-31(33)27(12)23(7)8/h13-18,20-27,34-35H,19H2,1-12H3. The fourth-order valence-corrected chi connectivity index (χ4v) is 4.76. The van der Waals surface area contributed by atoms with Crippen molar-refractivity contribution in [3.8, 4) is 0 Å². The molecule has 0 aliphatic rings. The third-order valence-electron chi connectivity index (χ3n) is 8.75. The monoisotopic (exact) mass is 478 g/mol. The molecular formula is C33H54N2. The third kappa shape index (κ3) is 7.05. The Morgan fingerprint density at radius 3 is 0.857 bits per heavy atom. The smallest absolute Gasteiger partial charge is 0.0849 e.